The zero-order chi connectivity index (χ0) is 16.5. The molecule has 1 unspecified atom stereocenters. The van der Waals surface area contributed by atoms with Crippen LogP contribution in [-0.2, 0) is 14.3 Å². The number of hydrogen-bond acceptors (Lipinski definition) is 6. The Kier molecular flexibility index (Phi) is 9.71. The van der Waals surface area contributed by atoms with E-state index in [0.29, 0.717) is 17.2 Å². The summed E-state index contributed by atoms with van der Waals surface area (Å²) in [7, 11) is 4.46. The minimum atomic E-state index is -0.810. The van der Waals surface area contributed by atoms with Crippen molar-refractivity contribution in [1.82, 2.24) is 5.32 Å². The Morgan fingerprint density at radius 3 is 2.17 bits per heavy atom. The number of carbonyl (C=O) groups is 2. The molecule has 130 valence electrons. The number of methoxy groups -OCH3 is 3. The number of nitrogens with one attached hydrogen (secondary N) is 2. The number of nitrogens with two attached hydrogens (primary N) is 1. The summed E-state index contributed by atoms with van der Waals surface area (Å²) in [6.07, 6.45) is 0. The summed E-state index contributed by atoms with van der Waals surface area (Å²) in [5.74, 6) is 0.232. The molecule has 0 aliphatic heterocycles. The number of benzene rings is 1. The molecule has 1 aromatic carbocycles. The van der Waals surface area contributed by atoms with Gasteiger partial charge in [0.1, 0.15) is 17.5 Å². The van der Waals surface area contributed by atoms with Crippen molar-refractivity contribution in [3.05, 3.63) is 18.2 Å². The minimum absolute atomic E-state index is 0. The fraction of sp³-hybridized carbons (Fsp3) is 0.429. The van der Waals surface area contributed by atoms with E-state index in [9.17, 15) is 9.59 Å². The lowest BCUT2D eigenvalue weighted by molar-refractivity contribution is -0.126. The number of amides is 2. The summed E-state index contributed by atoms with van der Waals surface area (Å²) in [6, 6.07) is 4.15. The zero-order valence-electron chi connectivity index (χ0n) is 13.3. The summed E-state index contributed by atoms with van der Waals surface area (Å²) in [5, 5.41) is 5.06. The normalized spacial score (nSPS) is 11.0. The summed E-state index contributed by atoms with van der Waals surface area (Å²) >= 11 is 0. The van der Waals surface area contributed by atoms with Crippen LogP contribution in [-0.4, -0.2) is 52.3 Å². The number of halogens is 1. The van der Waals surface area contributed by atoms with Crippen LogP contribution in [0.25, 0.3) is 0 Å². The van der Waals surface area contributed by atoms with Crippen LogP contribution in [0.5, 0.6) is 11.5 Å². The van der Waals surface area contributed by atoms with E-state index >= 15 is 0 Å². The lowest BCUT2D eigenvalue weighted by Gasteiger charge is -2.12. The van der Waals surface area contributed by atoms with Gasteiger partial charge in [0.05, 0.1) is 27.4 Å². The molecular formula is C14H22ClN3O5. The highest BCUT2D eigenvalue weighted by atomic mass is 35.5. The molecule has 2 amide bonds. The highest BCUT2D eigenvalue weighted by Gasteiger charge is 2.14. The van der Waals surface area contributed by atoms with Crippen molar-refractivity contribution in [2.24, 2.45) is 5.73 Å². The molecule has 0 fully saturated rings. The van der Waals surface area contributed by atoms with Gasteiger partial charge < -0.3 is 30.6 Å². The summed E-state index contributed by atoms with van der Waals surface area (Å²) in [5.41, 5.74) is 6.04. The third-order valence-corrected chi connectivity index (χ3v) is 2.74. The largest absolute Gasteiger partial charge is 0.497 e. The number of ether oxygens (including phenoxy) is 3. The van der Waals surface area contributed by atoms with Crippen molar-refractivity contribution in [3.63, 3.8) is 0 Å². The third-order valence-electron chi connectivity index (χ3n) is 2.74. The van der Waals surface area contributed by atoms with Gasteiger partial charge in [-0.2, -0.15) is 0 Å². The lowest BCUT2D eigenvalue weighted by Crippen LogP contribution is -2.45. The van der Waals surface area contributed by atoms with Gasteiger partial charge in [-0.1, -0.05) is 0 Å². The molecule has 0 aliphatic carbocycles. The Labute approximate surface area is 141 Å². The van der Waals surface area contributed by atoms with Crippen molar-refractivity contribution in [3.8, 4) is 11.5 Å². The second kappa shape index (κ2) is 10.7. The van der Waals surface area contributed by atoms with E-state index in [1.54, 1.807) is 18.2 Å². The van der Waals surface area contributed by atoms with Crippen molar-refractivity contribution in [1.29, 1.82) is 0 Å². The van der Waals surface area contributed by atoms with Gasteiger partial charge in [0.2, 0.25) is 11.8 Å². The fourth-order valence-electron chi connectivity index (χ4n) is 1.64. The van der Waals surface area contributed by atoms with Gasteiger partial charge in [-0.3, -0.25) is 9.59 Å². The molecule has 0 heterocycles. The molecule has 1 aromatic rings. The molecule has 0 saturated heterocycles. The average molecular weight is 348 g/mol. The molecule has 0 bridgehead atoms. The third kappa shape index (κ3) is 7.18. The molecule has 8 nitrogen and oxygen atoms in total. The maximum absolute atomic E-state index is 11.8. The van der Waals surface area contributed by atoms with E-state index in [1.807, 2.05) is 0 Å². The highest BCUT2D eigenvalue weighted by Crippen LogP contribution is 2.25. The van der Waals surface area contributed by atoms with Gasteiger partial charge >= 0.3 is 0 Å². The van der Waals surface area contributed by atoms with Crippen molar-refractivity contribution < 1.29 is 23.8 Å². The van der Waals surface area contributed by atoms with E-state index in [1.165, 1.54) is 21.3 Å². The van der Waals surface area contributed by atoms with Crippen molar-refractivity contribution in [2.45, 2.75) is 6.04 Å². The summed E-state index contributed by atoms with van der Waals surface area (Å²) in [6.45, 7) is -0.115. The topological polar surface area (TPSA) is 112 Å². The van der Waals surface area contributed by atoms with Crippen molar-refractivity contribution >= 4 is 29.9 Å². The summed E-state index contributed by atoms with van der Waals surface area (Å²) in [4.78, 5) is 23.4. The number of carbonyl (C=O) groups excluding carboxylic acids is 2. The first-order valence-corrected chi connectivity index (χ1v) is 6.55. The molecule has 0 spiro atoms. The van der Waals surface area contributed by atoms with E-state index in [4.69, 9.17) is 19.9 Å². The predicted molar refractivity (Wildman–Crippen MR) is 88.3 cm³/mol. The van der Waals surface area contributed by atoms with E-state index in [0.717, 1.165) is 0 Å². The van der Waals surface area contributed by atoms with Crippen LogP contribution in [0, 0.1) is 0 Å². The maximum Gasteiger partial charge on any atom is 0.243 e. The highest BCUT2D eigenvalue weighted by molar-refractivity contribution is 5.95. The van der Waals surface area contributed by atoms with Crippen LogP contribution in [0.2, 0.25) is 0 Å². The molecule has 0 aliphatic rings. The van der Waals surface area contributed by atoms with Gasteiger partial charge in [-0.25, -0.2) is 0 Å². The van der Waals surface area contributed by atoms with E-state index in [2.05, 4.69) is 10.6 Å². The van der Waals surface area contributed by atoms with Gasteiger partial charge in [-0.05, 0) is 0 Å². The summed E-state index contributed by atoms with van der Waals surface area (Å²) < 4.78 is 15.0. The number of rotatable bonds is 8. The first-order valence-electron chi connectivity index (χ1n) is 6.55. The zero-order valence-corrected chi connectivity index (χ0v) is 14.1. The Balaban J connectivity index is 0.00000484. The quantitative estimate of drug-likeness (QED) is 0.617. The minimum Gasteiger partial charge on any atom is -0.497 e. The van der Waals surface area contributed by atoms with Crippen LogP contribution in [0.4, 0.5) is 5.69 Å². The van der Waals surface area contributed by atoms with Crippen LogP contribution >= 0.6 is 12.4 Å². The average Bonchev–Trinajstić information content (AvgIpc) is 2.52. The Hall–Kier alpha value is -2.03. The first kappa shape index (κ1) is 21.0. The maximum atomic E-state index is 11.8. The van der Waals surface area contributed by atoms with Crippen LogP contribution < -0.4 is 25.8 Å². The van der Waals surface area contributed by atoms with Gasteiger partial charge in [0.25, 0.3) is 0 Å². The second-order valence-electron chi connectivity index (χ2n) is 4.43. The van der Waals surface area contributed by atoms with Crippen LogP contribution in [0.3, 0.4) is 0 Å². The molecule has 0 saturated carbocycles. The van der Waals surface area contributed by atoms with E-state index < -0.39 is 17.9 Å². The number of hydrogen-bond donors (Lipinski definition) is 3. The van der Waals surface area contributed by atoms with E-state index in [-0.39, 0.29) is 25.6 Å². The standard InChI is InChI=1S/C14H21N3O5.ClH/c1-20-8-12(15)14(19)16-7-13(18)17-9-4-10(21-2)6-11(5-9)22-3;/h4-6,12H,7-8,15H2,1-3H3,(H,16,19)(H,17,18);1H. The molecule has 0 aromatic heterocycles. The monoisotopic (exact) mass is 347 g/mol. The lowest BCUT2D eigenvalue weighted by atomic mass is 10.2. The van der Waals surface area contributed by atoms with Gasteiger partial charge in [-0.15, -0.1) is 12.4 Å². The Morgan fingerprint density at radius 2 is 1.70 bits per heavy atom. The number of anilines is 1. The van der Waals surface area contributed by atoms with Crippen molar-refractivity contribution in [2.75, 3.05) is 39.8 Å². The SMILES string of the molecule is COCC(N)C(=O)NCC(=O)Nc1cc(OC)cc(OC)c1.Cl. The molecular weight excluding hydrogens is 326 g/mol. The molecule has 9 heteroatoms. The predicted octanol–water partition coefficient (Wildman–Crippen LogP) is 0.154. The fourth-order valence-corrected chi connectivity index (χ4v) is 1.64. The Morgan fingerprint density at radius 1 is 1.13 bits per heavy atom. The van der Waals surface area contributed by atoms with Crippen LogP contribution in [0.15, 0.2) is 18.2 Å². The Bertz CT molecular complexity index is 505. The second-order valence-corrected chi connectivity index (χ2v) is 4.43. The first-order chi connectivity index (χ1) is 10.5. The van der Waals surface area contributed by atoms with Crippen LogP contribution in [0.1, 0.15) is 0 Å². The molecule has 4 N–H and O–H groups in total. The van der Waals surface area contributed by atoms with Gasteiger partial charge in [0, 0.05) is 31.0 Å². The molecule has 1 atom stereocenters. The van der Waals surface area contributed by atoms with Gasteiger partial charge in [0.15, 0.2) is 0 Å². The molecule has 23 heavy (non-hydrogen) atoms. The molecule has 0 radical (unpaired) electrons. The molecule has 1 rings (SSSR count). The smallest absolute Gasteiger partial charge is 0.243 e.